The predicted octanol–water partition coefficient (Wildman–Crippen LogP) is 5.23. The molecule has 3 atom stereocenters. The lowest BCUT2D eigenvalue weighted by Crippen LogP contribution is -2.56. The molecule has 0 aromatic heterocycles. The summed E-state index contributed by atoms with van der Waals surface area (Å²) < 4.78 is 0. The second kappa shape index (κ2) is 24.2. The van der Waals surface area contributed by atoms with Gasteiger partial charge < -0.3 is 21.3 Å². The molecule has 2 aliphatic rings. The van der Waals surface area contributed by atoms with E-state index in [9.17, 15) is 19.2 Å². The zero-order valence-corrected chi connectivity index (χ0v) is 27.7. The monoisotopic (exact) mass is 578 g/mol. The molecule has 8 nitrogen and oxygen atoms in total. The Morgan fingerprint density at radius 2 is 1.51 bits per heavy atom. The molecule has 0 radical (unpaired) electrons. The highest BCUT2D eigenvalue weighted by molar-refractivity contribution is 6.38. The van der Waals surface area contributed by atoms with Crippen molar-refractivity contribution in [3.63, 3.8) is 0 Å². The van der Waals surface area contributed by atoms with Crippen LogP contribution in [0.4, 0.5) is 0 Å². The highest BCUT2D eigenvalue weighted by atomic mass is 16.2. The van der Waals surface area contributed by atoms with Gasteiger partial charge in [-0.15, -0.1) is 12.3 Å². The molecule has 3 unspecified atom stereocenters. The number of terminal acetylenes is 1. The average Bonchev–Trinajstić information content (AvgIpc) is 3.30. The molecule has 3 amide bonds. The number of nitrogens with one attached hydrogen (secondary N) is 2. The molecule has 1 aliphatic carbocycles. The summed E-state index contributed by atoms with van der Waals surface area (Å²) in [6.45, 7) is 19.5. The van der Waals surface area contributed by atoms with Crippen LogP contribution in [0.2, 0.25) is 0 Å². The minimum Gasteiger partial charge on any atom is -0.347 e. The Morgan fingerprint density at radius 1 is 0.976 bits per heavy atom. The standard InChI is InChI=1S/C19H28N4O4.C8H18.C4H10.C2H6/c1-3-4-8-14(17(25)19(27)21-13-6-5-7-13)22-18(26)16-12(2)9-10-23(16)15(24)11-20;1-4-6-8(3)7-5-2;1-4(2)3;1-2/h1,12-14,16H,4-11,20H2,2H3,(H,21,27)(H,22,26);8H,4-7H2,1-3H3;4H,1-3H3;1-2H3. The molecule has 238 valence electrons. The number of hydrogen-bond acceptors (Lipinski definition) is 5. The Balaban J connectivity index is 0. The van der Waals surface area contributed by atoms with Crippen molar-refractivity contribution >= 4 is 23.5 Å². The van der Waals surface area contributed by atoms with Gasteiger partial charge in [-0.05, 0) is 49.9 Å². The van der Waals surface area contributed by atoms with Crippen LogP contribution in [0.5, 0.6) is 0 Å². The van der Waals surface area contributed by atoms with Crippen LogP contribution in [0.3, 0.4) is 0 Å². The number of nitrogens with two attached hydrogens (primary N) is 1. The third-order valence-corrected chi connectivity index (χ3v) is 6.90. The molecule has 2 rings (SSSR count). The zero-order chi connectivity index (χ0) is 32.0. The number of rotatable bonds is 12. The van der Waals surface area contributed by atoms with Crippen molar-refractivity contribution in [2.75, 3.05) is 13.1 Å². The van der Waals surface area contributed by atoms with E-state index in [1.165, 1.54) is 30.6 Å². The molecular weight excluding hydrogens is 516 g/mol. The highest BCUT2D eigenvalue weighted by Crippen LogP contribution is 2.24. The second-order valence-corrected chi connectivity index (χ2v) is 11.7. The van der Waals surface area contributed by atoms with Crippen LogP contribution in [-0.2, 0) is 19.2 Å². The molecule has 1 aliphatic heterocycles. The second-order valence-electron chi connectivity index (χ2n) is 11.7. The number of hydrogen-bond donors (Lipinski definition) is 3. The lowest BCUT2D eigenvalue weighted by molar-refractivity contribution is -0.142. The number of nitrogens with zero attached hydrogens (tertiary/aromatic N) is 1. The van der Waals surface area contributed by atoms with E-state index in [1.54, 1.807) is 0 Å². The fraction of sp³-hybridized carbons (Fsp3) is 0.818. The summed E-state index contributed by atoms with van der Waals surface area (Å²) in [5, 5.41) is 5.33. The summed E-state index contributed by atoms with van der Waals surface area (Å²) >= 11 is 0. The van der Waals surface area contributed by atoms with E-state index in [1.807, 2.05) is 20.8 Å². The summed E-state index contributed by atoms with van der Waals surface area (Å²) in [7, 11) is 0. The van der Waals surface area contributed by atoms with Gasteiger partial charge in [0.15, 0.2) is 0 Å². The SMILES string of the molecule is C#CCCC(NC(=O)C1C(C)CCN1C(=O)CN)C(=O)C(=O)NC1CCC1.CC.CC(C)C.CCCC(C)CCC. The maximum absolute atomic E-state index is 12.8. The van der Waals surface area contributed by atoms with Gasteiger partial charge in [-0.1, -0.05) is 88.0 Å². The third kappa shape index (κ3) is 17.2. The van der Waals surface area contributed by atoms with Crippen molar-refractivity contribution in [3.8, 4) is 12.3 Å². The predicted molar refractivity (Wildman–Crippen MR) is 170 cm³/mol. The zero-order valence-electron chi connectivity index (χ0n) is 27.7. The molecule has 1 heterocycles. The van der Waals surface area contributed by atoms with Gasteiger partial charge in [-0.2, -0.15) is 0 Å². The van der Waals surface area contributed by atoms with Crippen LogP contribution in [0.25, 0.3) is 0 Å². The van der Waals surface area contributed by atoms with Gasteiger partial charge in [0, 0.05) is 19.0 Å². The van der Waals surface area contributed by atoms with Crippen molar-refractivity contribution in [2.24, 2.45) is 23.5 Å². The summed E-state index contributed by atoms with van der Waals surface area (Å²) in [5.74, 6) is 2.00. The Bertz CT molecular complexity index is 780. The van der Waals surface area contributed by atoms with Gasteiger partial charge in [0.2, 0.25) is 17.6 Å². The number of carbonyl (C=O) groups is 4. The number of Topliss-reactive ketones (excluding diaryl/α,β-unsaturated/α-hetero) is 1. The number of carbonyl (C=O) groups excluding carboxylic acids is 4. The van der Waals surface area contributed by atoms with E-state index in [2.05, 4.69) is 58.1 Å². The minimum atomic E-state index is -1.00. The molecule has 2 fully saturated rings. The van der Waals surface area contributed by atoms with Crippen LogP contribution in [0.1, 0.15) is 127 Å². The van der Waals surface area contributed by atoms with Crippen LogP contribution in [0.15, 0.2) is 0 Å². The van der Waals surface area contributed by atoms with Gasteiger partial charge >= 0.3 is 0 Å². The summed E-state index contributed by atoms with van der Waals surface area (Å²) in [4.78, 5) is 51.0. The Hall–Kier alpha value is -2.40. The topological polar surface area (TPSA) is 122 Å². The minimum absolute atomic E-state index is 0.0259. The molecular formula is C33H62N4O4. The van der Waals surface area contributed by atoms with Gasteiger partial charge in [0.05, 0.1) is 12.6 Å². The van der Waals surface area contributed by atoms with Gasteiger partial charge in [-0.3, -0.25) is 19.2 Å². The summed E-state index contributed by atoms with van der Waals surface area (Å²) in [5.41, 5.74) is 5.43. The molecule has 0 bridgehead atoms. The number of ketones is 1. The molecule has 0 aromatic carbocycles. The van der Waals surface area contributed by atoms with Crippen molar-refractivity contribution in [1.29, 1.82) is 0 Å². The van der Waals surface area contributed by atoms with Gasteiger partial charge in [0.25, 0.3) is 5.91 Å². The summed E-state index contributed by atoms with van der Waals surface area (Å²) in [6, 6.07) is -1.67. The first-order valence-electron chi connectivity index (χ1n) is 16.0. The molecule has 0 spiro atoms. The van der Waals surface area contributed by atoms with Crippen LogP contribution < -0.4 is 16.4 Å². The molecule has 0 aromatic rings. The maximum Gasteiger partial charge on any atom is 0.289 e. The van der Waals surface area contributed by atoms with Gasteiger partial charge in [-0.25, -0.2) is 0 Å². The maximum atomic E-state index is 12.8. The molecule has 4 N–H and O–H groups in total. The van der Waals surface area contributed by atoms with Crippen molar-refractivity contribution < 1.29 is 19.2 Å². The van der Waals surface area contributed by atoms with E-state index < -0.39 is 29.7 Å². The van der Waals surface area contributed by atoms with E-state index in [4.69, 9.17) is 12.2 Å². The lowest BCUT2D eigenvalue weighted by Gasteiger charge is -2.29. The summed E-state index contributed by atoms with van der Waals surface area (Å²) in [6.07, 6.45) is 14.6. The fourth-order valence-corrected chi connectivity index (χ4v) is 4.59. The first-order chi connectivity index (χ1) is 19.4. The smallest absolute Gasteiger partial charge is 0.289 e. The van der Waals surface area contributed by atoms with Crippen molar-refractivity contribution in [1.82, 2.24) is 15.5 Å². The van der Waals surface area contributed by atoms with Crippen LogP contribution >= 0.6 is 0 Å². The first-order valence-corrected chi connectivity index (χ1v) is 16.0. The normalized spacial score (nSPS) is 18.3. The van der Waals surface area contributed by atoms with E-state index in [0.29, 0.717) is 13.0 Å². The lowest BCUT2D eigenvalue weighted by atomic mass is 9.92. The Kier molecular flexibility index (Phi) is 24.1. The van der Waals surface area contributed by atoms with Crippen molar-refractivity contribution in [3.05, 3.63) is 0 Å². The van der Waals surface area contributed by atoms with Crippen LogP contribution in [-0.4, -0.2) is 59.6 Å². The number of likely N-dealkylation sites (tertiary alicyclic amines) is 1. The third-order valence-electron chi connectivity index (χ3n) is 6.90. The van der Waals surface area contributed by atoms with Crippen molar-refractivity contribution in [2.45, 2.75) is 145 Å². The van der Waals surface area contributed by atoms with Crippen LogP contribution in [0, 0.1) is 30.1 Å². The molecule has 41 heavy (non-hydrogen) atoms. The highest BCUT2D eigenvalue weighted by Gasteiger charge is 2.40. The van der Waals surface area contributed by atoms with E-state index in [0.717, 1.165) is 31.1 Å². The molecule has 1 saturated heterocycles. The molecule has 1 saturated carbocycles. The Labute approximate surface area is 251 Å². The van der Waals surface area contributed by atoms with E-state index in [-0.39, 0.29) is 37.3 Å². The fourth-order valence-electron chi connectivity index (χ4n) is 4.59. The van der Waals surface area contributed by atoms with Gasteiger partial charge in [0.1, 0.15) is 6.04 Å². The molecule has 8 heteroatoms. The number of amides is 3. The van der Waals surface area contributed by atoms with E-state index >= 15 is 0 Å². The Morgan fingerprint density at radius 3 is 1.93 bits per heavy atom. The largest absolute Gasteiger partial charge is 0.347 e. The quantitative estimate of drug-likeness (QED) is 0.216. The first kappa shape index (κ1) is 40.7. The average molecular weight is 579 g/mol.